The van der Waals surface area contributed by atoms with E-state index in [0.29, 0.717) is 11.8 Å². The molecule has 1 saturated heterocycles. The molecule has 1 fully saturated rings. The largest absolute Gasteiger partial charge is 0.352 e. The summed E-state index contributed by atoms with van der Waals surface area (Å²) in [5, 5.41) is 7.85. The van der Waals surface area contributed by atoms with Crippen LogP contribution in [0.1, 0.15) is 31.9 Å². The molecule has 108 valence electrons. The van der Waals surface area contributed by atoms with Gasteiger partial charge in [-0.2, -0.15) is 14.6 Å². The molecule has 6 nitrogen and oxygen atoms in total. The molecule has 0 bridgehead atoms. The highest BCUT2D eigenvalue weighted by Gasteiger charge is 2.26. The molecule has 3 heterocycles. The Bertz CT molecular complexity index is 578. The smallest absolute Gasteiger partial charge is 0.254 e. The molecule has 1 aliphatic heterocycles. The number of fused-ring (bicyclic) bond motifs is 1. The van der Waals surface area contributed by atoms with Crippen LogP contribution < -0.4 is 10.2 Å². The van der Waals surface area contributed by atoms with Crippen LogP contribution in [-0.2, 0) is 0 Å². The normalized spacial score (nSPS) is 19.1. The lowest BCUT2D eigenvalue weighted by Crippen LogP contribution is -2.39. The summed E-state index contributed by atoms with van der Waals surface area (Å²) in [6.45, 7) is 7.41. The zero-order chi connectivity index (χ0) is 13.9. The van der Waals surface area contributed by atoms with Gasteiger partial charge >= 0.3 is 0 Å². The third kappa shape index (κ3) is 2.47. The van der Waals surface area contributed by atoms with Crippen molar-refractivity contribution in [1.82, 2.24) is 24.9 Å². The van der Waals surface area contributed by atoms with Crippen molar-refractivity contribution in [2.45, 2.75) is 39.2 Å². The van der Waals surface area contributed by atoms with E-state index in [1.54, 1.807) is 6.33 Å². The molecule has 0 radical (unpaired) electrons. The van der Waals surface area contributed by atoms with E-state index < -0.39 is 0 Å². The molecular weight excluding hydrogens is 252 g/mol. The van der Waals surface area contributed by atoms with E-state index in [1.165, 1.54) is 19.3 Å². The number of nitrogens with zero attached hydrogens (tertiary/aromatic N) is 5. The fraction of sp³-hybridized carbons (Fsp3) is 0.643. The van der Waals surface area contributed by atoms with Crippen LogP contribution in [0.5, 0.6) is 0 Å². The third-order valence-corrected chi connectivity index (χ3v) is 3.84. The molecule has 6 heteroatoms. The fourth-order valence-corrected chi connectivity index (χ4v) is 2.91. The first-order chi connectivity index (χ1) is 9.79. The van der Waals surface area contributed by atoms with Crippen molar-refractivity contribution < 1.29 is 0 Å². The topological polar surface area (TPSA) is 58.3 Å². The van der Waals surface area contributed by atoms with Gasteiger partial charge in [-0.3, -0.25) is 0 Å². The summed E-state index contributed by atoms with van der Waals surface area (Å²) >= 11 is 0. The molecule has 3 rings (SSSR count). The lowest BCUT2D eigenvalue weighted by molar-refractivity contribution is 0.565. The molecule has 0 amide bonds. The van der Waals surface area contributed by atoms with Crippen molar-refractivity contribution in [2.75, 3.05) is 24.5 Å². The fourth-order valence-electron chi connectivity index (χ4n) is 2.91. The number of aryl methyl sites for hydroxylation is 1. The summed E-state index contributed by atoms with van der Waals surface area (Å²) in [4.78, 5) is 11.1. The van der Waals surface area contributed by atoms with E-state index in [9.17, 15) is 0 Å². The monoisotopic (exact) mass is 274 g/mol. The first-order valence-electron chi connectivity index (χ1n) is 7.44. The van der Waals surface area contributed by atoms with Gasteiger partial charge in [-0.25, -0.2) is 4.98 Å². The molecule has 1 unspecified atom stereocenters. The SMILES string of the molecule is CCCNCC1CCCN1c1cc(C)nc2ncnn12. The van der Waals surface area contributed by atoms with Gasteiger partial charge in [-0.15, -0.1) is 0 Å². The molecular formula is C14H22N6. The van der Waals surface area contributed by atoms with E-state index in [2.05, 4.69) is 38.3 Å². The molecule has 0 aliphatic carbocycles. The van der Waals surface area contributed by atoms with Gasteiger partial charge in [-0.1, -0.05) is 6.92 Å². The van der Waals surface area contributed by atoms with Gasteiger partial charge in [0.1, 0.15) is 12.1 Å². The van der Waals surface area contributed by atoms with E-state index >= 15 is 0 Å². The van der Waals surface area contributed by atoms with Crippen LogP contribution in [0.15, 0.2) is 12.4 Å². The number of anilines is 1. The average molecular weight is 274 g/mol. The Hall–Kier alpha value is -1.69. The summed E-state index contributed by atoms with van der Waals surface area (Å²) < 4.78 is 1.85. The van der Waals surface area contributed by atoms with Crippen molar-refractivity contribution >= 4 is 11.6 Å². The summed E-state index contributed by atoms with van der Waals surface area (Å²) in [6, 6.07) is 2.65. The molecule has 1 aliphatic rings. The molecule has 0 spiro atoms. The highest BCUT2D eigenvalue weighted by atomic mass is 15.4. The predicted molar refractivity (Wildman–Crippen MR) is 79.0 cm³/mol. The van der Waals surface area contributed by atoms with Crippen LogP contribution in [-0.4, -0.2) is 45.3 Å². The highest BCUT2D eigenvalue weighted by Crippen LogP contribution is 2.25. The highest BCUT2D eigenvalue weighted by molar-refractivity contribution is 5.48. The summed E-state index contributed by atoms with van der Waals surface area (Å²) in [7, 11) is 0. The van der Waals surface area contributed by atoms with Gasteiger partial charge in [0, 0.05) is 30.9 Å². The van der Waals surface area contributed by atoms with Gasteiger partial charge in [0.25, 0.3) is 5.78 Å². The molecule has 0 aromatic carbocycles. The predicted octanol–water partition coefficient (Wildman–Crippen LogP) is 1.40. The van der Waals surface area contributed by atoms with Gasteiger partial charge in [0.15, 0.2) is 0 Å². The molecule has 20 heavy (non-hydrogen) atoms. The second kappa shape index (κ2) is 5.75. The van der Waals surface area contributed by atoms with E-state index in [0.717, 1.165) is 31.1 Å². The Morgan fingerprint density at radius 2 is 2.35 bits per heavy atom. The minimum atomic E-state index is 0.538. The Labute approximate surface area is 119 Å². The minimum absolute atomic E-state index is 0.538. The zero-order valence-electron chi connectivity index (χ0n) is 12.2. The van der Waals surface area contributed by atoms with Crippen LogP contribution in [0, 0.1) is 6.92 Å². The van der Waals surface area contributed by atoms with Crippen molar-refractivity contribution in [3.05, 3.63) is 18.1 Å². The lowest BCUT2D eigenvalue weighted by Gasteiger charge is -2.27. The van der Waals surface area contributed by atoms with Crippen LogP contribution in [0.25, 0.3) is 5.78 Å². The van der Waals surface area contributed by atoms with Crippen molar-refractivity contribution in [2.24, 2.45) is 0 Å². The van der Waals surface area contributed by atoms with Gasteiger partial charge in [0.05, 0.1) is 0 Å². The molecule has 1 N–H and O–H groups in total. The molecule has 2 aromatic rings. The van der Waals surface area contributed by atoms with E-state index in [4.69, 9.17) is 0 Å². The molecule has 0 saturated carbocycles. The lowest BCUT2D eigenvalue weighted by atomic mass is 10.2. The van der Waals surface area contributed by atoms with Crippen LogP contribution >= 0.6 is 0 Å². The van der Waals surface area contributed by atoms with Gasteiger partial charge < -0.3 is 10.2 Å². The number of aromatic nitrogens is 4. The second-order valence-electron chi connectivity index (χ2n) is 5.42. The number of hydrogen-bond acceptors (Lipinski definition) is 5. The Balaban J connectivity index is 1.87. The third-order valence-electron chi connectivity index (χ3n) is 3.84. The zero-order valence-corrected chi connectivity index (χ0v) is 12.2. The Morgan fingerprint density at radius 3 is 3.20 bits per heavy atom. The van der Waals surface area contributed by atoms with Gasteiger partial charge in [0.2, 0.25) is 0 Å². The summed E-state index contributed by atoms with van der Waals surface area (Å²) in [5.74, 6) is 1.80. The maximum atomic E-state index is 4.42. The second-order valence-corrected chi connectivity index (χ2v) is 5.42. The average Bonchev–Trinajstić information content (AvgIpc) is 3.06. The maximum Gasteiger partial charge on any atom is 0.254 e. The number of nitrogens with one attached hydrogen (secondary N) is 1. The first kappa shape index (κ1) is 13.3. The standard InChI is InChI=1S/C14H22N6/c1-3-6-15-9-12-5-4-7-19(12)13-8-11(2)18-14-16-10-17-20(13)14/h8,10,12,15H,3-7,9H2,1-2H3. The summed E-state index contributed by atoms with van der Waals surface area (Å²) in [5.41, 5.74) is 0.993. The van der Waals surface area contributed by atoms with Crippen LogP contribution in [0.2, 0.25) is 0 Å². The van der Waals surface area contributed by atoms with Crippen molar-refractivity contribution in [1.29, 1.82) is 0 Å². The minimum Gasteiger partial charge on any atom is -0.352 e. The molecule has 2 aromatic heterocycles. The van der Waals surface area contributed by atoms with Crippen LogP contribution in [0.3, 0.4) is 0 Å². The Morgan fingerprint density at radius 1 is 1.45 bits per heavy atom. The van der Waals surface area contributed by atoms with Crippen molar-refractivity contribution in [3.63, 3.8) is 0 Å². The Kier molecular flexibility index (Phi) is 3.82. The van der Waals surface area contributed by atoms with Crippen molar-refractivity contribution in [3.8, 4) is 0 Å². The quantitative estimate of drug-likeness (QED) is 0.835. The van der Waals surface area contributed by atoms with E-state index in [-0.39, 0.29) is 0 Å². The first-order valence-corrected chi connectivity index (χ1v) is 7.44. The van der Waals surface area contributed by atoms with Gasteiger partial charge in [-0.05, 0) is 32.7 Å². The number of hydrogen-bond donors (Lipinski definition) is 1. The van der Waals surface area contributed by atoms with E-state index in [1.807, 2.05) is 11.4 Å². The molecule has 1 atom stereocenters. The van der Waals surface area contributed by atoms with Crippen LogP contribution in [0.4, 0.5) is 5.82 Å². The number of rotatable bonds is 5. The summed E-state index contributed by atoms with van der Waals surface area (Å²) in [6.07, 6.45) is 5.21. The maximum absolute atomic E-state index is 4.42.